The Morgan fingerprint density at radius 1 is 1.27 bits per heavy atom. The van der Waals surface area contributed by atoms with Crippen LogP contribution in [0.1, 0.15) is 45.0 Å². The number of nitrogens with one attached hydrogen (secondary N) is 2. The van der Waals surface area contributed by atoms with Gasteiger partial charge in [0.1, 0.15) is 12.4 Å². The van der Waals surface area contributed by atoms with Crippen LogP contribution in [0, 0.1) is 12.8 Å². The fourth-order valence-corrected chi connectivity index (χ4v) is 3.80. The molecule has 1 aromatic heterocycles. The second kappa shape index (κ2) is 12.2. The van der Waals surface area contributed by atoms with Gasteiger partial charge in [-0.1, -0.05) is 31.5 Å². The third kappa shape index (κ3) is 7.18. The molecule has 6 nitrogen and oxygen atoms in total. The molecule has 2 N–H and O–H groups in total. The highest BCUT2D eigenvalue weighted by molar-refractivity contribution is 14.0. The van der Waals surface area contributed by atoms with Crippen LogP contribution in [-0.4, -0.2) is 41.2 Å². The number of aromatic nitrogens is 2. The molecule has 30 heavy (non-hydrogen) atoms. The summed E-state index contributed by atoms with van der Waals surface area (Å²) in [5, 5.41) is 7.05. The van der Waals surface area contributed by atoms with E-state index in [1.54, 1.807) is 0 Å². The van der Waals surface area contributed by atoms with Crippen LogP contribution < -0.4 is 15.5 Å². The Bertz CT molecular complexity index is 783. The molecular weight excluding hydrogens is 487 g/mol. The summed E-state index contributed by atoms with van der Waals surface area (Å²) in [5.74, 6) is 2.48. The summed E-state index contributed by atoms with van der Waals surface area (Å²) in [6.45, 7) is 13.2. The van der Waals surface area contributed by atoms with Crippen molar-refractivity contribution in [3.05, 3.63) is 48.0 Å². The van der Waals surface area contributed by atoms with Crippen molar-refractivity contribution in [1.29, 1.82) is 0 Å². The van der Waals surface area contributed by atoms with Gasteiger partial charge in [0.15, 0.2) is 5.96 Å². The first kappa shape index (κ1) is 24.5. The third-order valence-electron chi connectivity index (χ3n) is 5.25. The number of hydrogen-bond acceptors (Lipinski definition) is 3. The minimum atomic E-state index is 0. The first-order valence-corrected chi connectivity index (χ1v) is 10.9. The zero-order valence-corrected chi connectivity index (χ0v) is 21.1. The molecule has 0 spiro atoms. The smallest absolute Gasteiger partial charge is 0.191 e. The first-order valence-electron chi connectivity index (χ1n) is 10.9. The molecule has 7 heteroatoms. The summed E-state index contributed by atoms with van der Waals surface area (Å²) >= 11 is 0. The molecule has 1 aliphatic heterocycles. The fourth-order valence-electron chi connectivity index (χ4n) is 3.80. The number of guanidine groups is 1. The van der Waals surface area contributed by atoms with Crippen molar-refractivity contribution in [2.45, 2.75) is 59.7 Å². The summed E-state index contributed by atoms with van der Waals surface area (Å²) in [5.41, 5.74) is 2.61. The lowest BCUT2D eigenvalue weighted by Crippen LogP contribution is -2.51. The minimum absolute atomic E-state index is 0. The van der Waals surface area contributed by atoms with E-state index < -0.39 is 0 Å². The van der Waals surface area contributed by atoms with Gasteiger partial charge in [-0.05, 0) is 44.7 Å². The second-order valence-electron chi connectivity index (χ2n) is 8.35. The van der Waals surface area contributed by atoms with Gasteiger partial charge < -0.3 is 20.1 Å². The molecule has 1 aromatic carbocycles. The van der Waals surface area contributed by atoms with Crippen molar-refractivity contribution in [2.24, 2.45) is 10.9 Å². The van der Waals surface area contributed by atoms with E-state index in [2.05, 4.69) is 77.0 Å². The molecule has 1 unspecified atom stereocenters. The van der Waals surface area contributed by atoms with Gasteiger partial charge in [-0.25, -0.2) is 9.98 Å². The number of aliphatic imine (C=N–C) groups is 1. The highest BCUT2D eigenvalue weighted by Gasteiger charge is 2.21. The van der Waals surface area contributed by atoms with Crippen LogP contribution in [0.4, 0.5) is 5.69 Å². The quantitative estimate of drug-likeness (QED) is 0.324. The molecule has 0 bridgehead atoms. The normalized spacial score (nSPS) is 17.0. The highest BCUT2D eigenvalue weighted by Crippen LogP contribution is 2.20. The Morgan fingerprint density at radius 2 is 2.03 bits per heavy atom. The Morgan fingerprint density at radius 3 is 2.73 bits per heavy atom. The van der Waals surface area contributed by atoms with E-state index in [0.29, 0.717) is 18.5 Å². The van der Waals surface area contributed by atoms with Crippen LogP contribution in [0.25, 0.3) is 0 Å². The maximum absolute atomic E-state index is 4.82. The van der Waals surface area contributed by atoms with E-state index in [1.165, 1.54) is 17.7 Å². The predicted octanol–water partition coefficient (Wildman–Crippen LogP) is 4.19. The molecule has 0 radical (unpaired) electrons. The van der Waals surface area contributed by atoms with Crippen LogP contribution in [0.5, 0.6) is 0 Å². The fraction of sp³-hybridized carbons (Fsp3) is 0.565. The number of aryl methyl sites for hydroxylation is 1. The van der Waals surface area contributed by atoms with Gasteiger partial charge in [0.2, 0.25) is 0 Å². The van der Waals surface area contributed by atoms with Crippen LogP contribution in [-0.2, 0) is 13.1 Å². The van der Waals surface area contributed by atoms with Gasteiger partial charge in [0, 0.05) is 50.3 Å². The summed E-state index contributed by atoms with van der Waals surface area (Å²) in [7, 11) is 0. The highest BCUT2D eigenvalue weighted by atomic mass is 127. The topological polar surface area (TPSA) is 57.5 Å². The largest absolute Gasteiger partial charge is 0.369 e. The summed E-state index contributed by atoms with van der Waals surface area (Å²) in [6.07, 6.45) is 6.26. The molecule has 3 rings (SSSR count). The maximum Gasteiger partial charge on any atom is 0.191 e. The average molecular weight is 524 g/mol. The van der Waals surface area contributed by atoms with Gasteiger partial charge in [-0.2, -0.15) is 0 Å². The van der Waals surface area contributed by atoms with E-state index in [9.17, 15) is 0 Å². The molecule has 0 aliphatic carbocycles. The van der Waals surface area contributed by atoms with E-state index >= 15 is 0 Å². The van der Waals surface area contributed by atoms with Crippen LogP contribution in [0.15, 0.2) is 41.7 Å². The molecule has 0 saturated carbocycles. The molecule has 2 heterocycles. The maximum atomic E-state index is 4.82. The first-order chi connectivity index (χ1) is 14.0. The van der Waals surface area contributed by atoms with Gasteiger partial charge >= 0.3 is 0 Å². The molecule has 2 aromatic rings. The lowest BCUT2D eigenvalue weighted by atomic mass is 10.0. The number of anilines is 1. The van der Waals surface area contributed by atoms with E-state index in [1.807, 2.05) is 12.4 Å². The number of piperidine rings is 1. The lowest BCUT2D eigenvalue weighted by molar-refractivity contribution is 0.467. The number of benzene rings is 1. The molecule has 1 atom stereocenters. The van der Waals surface area contributed by atoms with Crippen LogP contribution in [0.3, 0.4) is 0 Å². The number of halogens is 1. The molecular formula is C23H37IN6. The monoisotopic (exact) mass is 524 g/mol. The van der Waals surface area contributed by atoms with Gasteiger partial charge in [0.05, 0.1) is 0 Å². The Hall–Kier alpha value is -1.77. The summed E-state index contributed by atoms with van der Waals surface area (Å²) in [4.78, 5) is 11.8. The van der Waals surface area contributed by atoms with E-state index in [4.69, 9.17) is 4.99 Å². The molecule has 1 fully saturated rings. The Balaban J connectivity index is 0.00000320. The van der Waals surface area contributed by atoms with Crippen LogP contribution >= 0.6 is 24.0 Å². The Labute approximate surface area is 198 Å². The lowest BCUT2D eigenvalue weighted by Gasteiger charge is -2.35. The minimum Gasteiger partial charge on any atom is -0.369 e. The molecule has 0 amide bonds. The van der Waals surface area contributed by atoms with Crippen molar-refractivity contribution in [1.82, 2.24) is 20.2 Å². The molecule has 166 valence electrons. The SMILES string of the molecule is CCNC(=NCc1nccn1CC(C)C)NC1CCCN(c2ccc(C)cc2)C1.I. The predicted molar refractivity (Wildman–Crippen MR) is 137 cm³/mol. The standard InChI is InChI=1S/C23H36N6.HI/c1-5-24-23(26-15-22-25-12-14-29(22)16-18(2)3)27-20-7-6-13-28(17-20)21-10-8-19(4)9-11-21;/h8-12,14,18,20H,5-7,13,15-17H2,1-4H3,(H2,24,26,27);1H. The number of hydrogen-bond donors (Lipinski definition) is 2. The van der Waals surface area contributed by atoms with Gasteiger partial charge in [0.25, 0.3) is 0 Å². The summed E-state index contributed by atoms with van der Waals surface area (Å²) in [6, 6.07) is 9.23. The molecule has 1 aliphatic rings. The van der Waals surface area contributed by atoms with Crippen LogP contribution in [0.2, 0.25) is 0 Å². The molecule has 1 saturated heterocycles. The van der Waals surface area contributed by atoms with E-state index in [-0.39, 0.29) is 24.0 Å². The van der Waals surface area contributed by atoms with Gasteiger partial charge in [-0.15, -0.1) is 24.0 Å². The van der Waals surface area contributed by atoms with Crippen molar-refractivity contribution < 1.29 is 0 Å². The Kier molecular flexibility index (Phi) is 9.94. The third-order valence-corrected chi connectivity index (χ3v) is 5.25. The van der Waals surface area contributed by atoms with Crippen molar-refractivity contribution in [3.8, 4) is 0 Å². The van der Waals surface area contributed by atoms with Crippen molar-refractivity contribution in [3.63, 3.8) is 0 Å². The zero-order chi connectivity index (χ0) is 20.6. The summed E-state index contributed by atoms with van der Waals surface area (Å²) < 4.78 is 2.21. The zero-order valence-electron chi connectivity index (χ0n) is 18.8. The van der Waals surface area contributed by atoms with Crippen molar-refractivity contribution >= 4 is 35.6 Å². The number of imidazole rings is 1. The number of nitrogens with zero attached hydrogens (tertiary/aromatic N) is 4. The second-order valence-corrected chi connectivity index (χ2v) is 8.35. The average Bonchev–Trinajstić information content (AvgIpc) is 3.13. The number of rotatable bonds is 7. The van der Waals surface area contributed by atoms with Gasteiger partial charge in [-0.3, -0.25) is 0 Å². The van der Waals surface area contributed by atoms with Crippen molar-refractivity contribution in [2.75, 3.05) is 24.5 Å². The van der Waals surface area contributed by atoms with E-state index in [0.717, 1.165) is 44.4 Å².